The molecule has 4 rings (SSSR count). The number of fused-ring (bicyclic) bond motifs is 2. The average molecular weight is 326 g/mol. The van der Waals surface area contributed by atoms with Gasteiger partial charge in [0.05, 0.1) is 13.1 Å². The van der Waals surface area contributed by atoms with E-state index in [2.05, 4.69) is 41.1 Å². The standard InChI is InChI=1S/C17H20N5O2/c1-11-5-7-12(8-6-11)21-9-4-10-22-13-14(18-16(21)22)19(2)17(24)20(3)15(13)23/h5-8,13H,4,9-10H2,1-3H3/q+1. The molecule has 0 aromatic heterocycles. The molecule has 0 radical (unpaired) electrons. The number of likely N-dealkylation sites (N-methyl/N-ethyl adjacent to an activating group) is 2. The Bertz CT molecular complexity index is 796. The predicted octanol–water partition coefficient (Wildman–Crippen LogP) is 0.878. The molecule has 1 aromatic carbocycles. The Morgan fingerprint density at radius 2 is 1.83 bits per heavy atom. The number of hydrogen-bond donors (Lipinski definition) is 0. The van der Waals surface area contributed by atoms with Gasteiger partial charge in [0.1, 0.15) is 5.69 Å². The number of rotatable bonds is 1. The maximum Gasteiger partial charge on any atom is 0.397 e. The first-order valence-corrected chi connectivity index (χ1v) is 8.10. The summed E-state index contributed by atoms with van der Waals surface area (Å²) in [7, 11) is 3.20. The number of aliphatic imine (C=N–C) groups is 1. The molecule has 124 valence electrons. The second-order valence-electron chi connectivity index (χ2n) is 6.45. The minimum atomic E-state index is -0.499. The lowest BCUT2D eigenvalue weighted by molar-refractivity contribution is -0.539. The first-order valence-electron chi connectivity index (χ1n) is 8.10. The molecule has 0 saturated carbocycles. The zero-order valence-corrected chi connectivity index (χ0v) is 14.1. The van der Waals surface area contributed by atoms with Crippen molar-refractivity contribution < 1.29 is 14.2 Å². The van der Waals surface area contributed by atoms with Crippen LogP contribution in [-0.2, 0) is 4.79 Å². The summed E-state index contributed by atoms with van der Waals surface area (Å²) in [4.78, 5) is 34.3. The van der Waals surface area contributed by atoms with Gasteiger partial charge in [-0.05, 0) is 19.1 Å². The van der Waals surface area contributed by atoms with E-state index in [1.807, 2.05) is 4.58 Å². The number of amides is 3. The molecule has 1 atom stereocenters. The van der Waals surface area contributed by atoms with E-state index in [1.54, 1.807) is 7.05 Å². The normalized spacial score (nSPS) is 23.5. The van der Waals surface area contributed by atoms with Crippen LogP contribution in [0.1, 0.15) is 12.0 Å². The number of amidine groups is 1. The summed E-state index contributed by atoms with van der Waals surface area (Å²) in [6.07, 6.45) is 0.936. The summed E-state index contributed by atoms with van der Waals surface area (Å²) < 4.78 is 2.01. The molecule has 3 aliphatic rings. The molecule has 24 heavy (non-hydrogen) atoms. The number of aryl methyl sites for hydroxylation is 1. The molecular weight excluding hydrogens is 306 g/mol. The Balaban J connectivity index is 1.79. The van der Waals surface area contributed by atoms with E-state index in [0.717, 1.165) is 31.2 Å². The largest absolute Gasteiger partial charge is 0.397 e. The molecular formula is C17H20N5O2+. The van der Waals surface area contributed by atoms with Gasteiger partial charge in [-0.2, -0.15) is 0 Å². The van der Waals surface area contributed by atoms with E-state index in [9.17, 15) is 9.59 Å². The van der Waals surface area contributed by atoms with Crippen LogP contribution in [0.2, 0.25) is 0 Å². The first kappa shape index (κ1) is 14.9. The molecule has 3 amide bonds. The number of imide groups is 1. The number of benzene rings is 1. The third-order valence-corrected chi connectivity index (χ3v) is 4.88. The highest BCUT2D eigenvalue weighted by atomic mass is 16.2. The van der Waals surface area contributed by atoms with Gasteiger partial charge in [-0.3, -0.25) is 14.6 Å². The fourth-order valence-corrected chi connectivity index (χ4v) is 3.50. The molecule has 1 unspecified atom stereocenters. The van der Waals surface area contributed by atoms with E-state index < -0.39 is 6.04 Å². The number of guanidine groups is 1. The number of nitrogens with zero attached hydrogens (tertiary/aromatic N) is 5. The third-order valence-electron chi connectivity index (χ3n) is 4.88. The highest BCUT2D eigenvalue weighted by Crippen LogP contribution is 2.26. The lowest BCUT2D eigenvalue weighted by Gasteiger charge is -2.32. The molecule has 7 nitrogen and oxygen atoms in total. The molecule has 3 heterocycles. The van der Waals surface area contributed by atoms with Crippen LogP contribution in [0.4, 0.5) is 10.5 Å². The van der Waals surface area contributed by atoms with E-state index in [-0.39, 0.29) is 11.9 Å². The SMILES string of the molecule is Cc1ccc(N2CCC[N+]3=C2N=C2C3C(=O)N(C)C(=O)N2C)cc1. The van der Waals surface area contributed by atoms with Crippen LogP contribution in [0.15, 0.2) is 29.3 Å². The molecule has 0 N–H and O–H groups in total. The van der Waals surface area contributed by atoms with Crippen LogP contribution in [0.3, 0.4) is 0 Å². The molecule has 7 heteroatoms. The van der Waals surface area contributed by atoms with Gasteiger partial charge in [0.25, 0.3) is 5.91 Å². The number of urea groups is 1. The van der Waals surface area contributed by atoms with Crippen molar-refractivity contribution in [3.8, 4) is 0 Å². The molecule has 3 aliphatic heterocycles. The molecule has 1 aromatic rings. The van der Waals surface area contributed by atoms with E-state index in [4.69, 9.17) is 0 Å². The van der Waals surface area contributed by atoms with E-state index >= 15 is 0 Å². The Morgan fingerprint density at radius 1 is 1.12 bits per heavy atom. The van der Waals surface area contributed by atoms with E-state index in [1.165, 1.54) is 22.4 Å². The van der Waals surface area contributed by atoms with Gasteiger partial charge in [-0.25, -0.2) is 14.3 Å². The van der Waals surface area contributed by atoms with Gasteiger partial charge in [-0.15, -0.1) is 0 Å². The zero-order chi connectivity index (χ0) is 17.0. The number of anilines is 1. The molecule has 0 bridgehead atoms. The summed E-state index contributed by atoms with van der Waals surface area (Å²) in [5.41, 5.74) is 2.25. The van der Waals surface area contributed by atoms with Crippen LogP contribution < -0.4 is 4.90 Å². The van der Waals surface area contributed by atoms with Crippen molar-refractivity contribution in [3.05, 3.63) is 29.8 Å². The monoisotopic (exact) mass is 326 g/mol. The quantitative estimate of drug-likeness (QED) is 0.720. The number of carbonyl (C=O) groups is 2. The predicted molar refractivity (Wildman–Crippen MR) is 90.4 cm³/mol. The van der Waals surface area contributed by atoms with Crippen molar-refractivity contribution >= 4 is 29.4 Å². The van der Waals surface area contributed by atoms with Crippen molar-refractivity contribution in [2.24, 2.45) is 4.99 Å². The van der Waals surface area contributed by atoms with Crippen LogP contribution in [0.25, 0.3) is 0 Å². The van der Waals surface area contributed by atoms with Crippen molar-refractivity contribution in [2.45, 2.75) is 19.4 Å². The molecule has 1 fully saturated rings. The summed E-state index contributed by atoms with van der Waals surface area (Å²) in [6.45, 7) is 3.66. The summed E-state index contributed by atoms with van der Waals surface area (Å²) in [5, 5.41) is 0. The van der Waals surface area contributed by atoms with Crippen LogP contribution >= 0.6 is 0 Å². The Morgan fingerprint density at radius 3 is 2.54 bits per heavy atom. The second kappa shape index (κ2) is 5.15. The number of hydrogen-bond acceptors (Lipinski definition) is 4. The van der Waals surface area contributed by atoms with Gasteiger partial charge in [0, 0.05) is 20.5 Å². The minimum absolute atomic E-state index is 0.211. The maximum absolute atomic E-state index is 12.6. The summed E-state index contributed by atoms with van der Waals surface area (Å²) in [5.74, 6) is 1.07. The minimum Gasteiger partial charge on any atom is -0.270 e. The highest BCUT2D eigenvalue weighted by molar-refractivity contribution is 6.23. The van der Waals surface area contributed by atoms with Crippen molar-refractivity contribution in [3.63, 3.8) is 0 Å². The Hall–Kier alpha value is -2.70. The topological polar surface area (TPSA) is 59.2 Å². The van der Waals surface area contributed by atoms with Gasteiger partial charge in [0.2, 0.25) is 11.9 Å². The van der Waals surface area contributed by atoms with Crippen molar-refractivity contribution in [1.82, 2.24) is 9.80 Å². The van der Waals surface area contributed by atoms with Gasteiger partial charge < -0.3 is 0 Å². The fourth-order valence-electron chi connectivity index (χ4n) is 3.50. The van der Waals surface area contributed by atoms with Crippen molar-refractivity contribution in [2.75, 3.05) is 32.1 Å². The molecule has 0 spiro atoms. The van der Waals surface area contributed by atoms with Gasteiger partial charge in [-0.1, -0.05) is 22.7 Å². The Kier molecular flexibility index (Phi) is 3.19. The number of carbonyl (C=O) groups excluding carboxylic acids is 2. The molecule has 1 saturated heterocycles. The van der Waals surface area contributed by atoms with Crippen molar-refractivity contribution in [1.29, 1.82) is 0 Å². The highest BCUT2D eigenvalue weighted by Gasteiger charge is 2.53. The fraction of sp³-hybridized carbons (Fsp3) is 0.412. The molecule has 0 aliphatic carbocycles. The first-order chi connectivity index (χ1) is 11.5. The lowest BCUT2D eigenvalue weighted by atomic mass is 10.1. The average Bonchev–Trinajstić information content (AvgIpc) is 2.98. The van der Waals surface area contributed by atoms with Gasteiger partial charge >= 0.3 is 12.0 Å². The second-order valence-corrected chi connectivity index (χ2v) is 6.45. The maximum atomic E-state index is 12.6. The van der Waals surface area contributed by atoms with Gasteiger partial charge in [0.15, 0.2) is 0 Å². The van der Waals surface area contributed by atoms with Crippen LogP contribution in [-0.4, -0.2) is 71.3 Å². The summed E-state index contributed by atoms with van der Waals surface area (Å²) in [6, 6.07) is 7.43. The smallest absolute Gasteiger partial charge is 0.270 e. The Labute approximate surface area is 140 Å². The third kappa shape index (κ3) is 1.97. The zero-order valence-electron chi connectivity index (χ0n) is 14.1. The van der Waals surface area contributed by atoms with Crippen LogP contribution in [0, 0.1) is 6.92 Å². The van der Waals surface area contributed by atoms with Crippen LogP contribution in [0.5, 0.6) is 0 Å². The summed E-state index contributed by atoms with van der Waals surface area (Å²) >= 11 is 0. The van der Waals surface area contributed by atoms with E-state index in [0.29, 0.717) is 5.84 Å². The lowest BCUT2D eigenvalue weighted by Crippen LogP contribution is -2.62.